The lowest BCUT2D eigenvalue weighted by Crippen LogP contribution is -2.29. The van der Waals surface area contributed by atoms with Crippen molar-refractivity contribution in [3.8, 4) is 0 Å². The number of nitrogens with zero attached hydrogens (tertiary/aromatic N) is 2. The molecule has 1 aromatic heterocycles. The van der Waals surface area contributed by atoms with E-state index in [1.165, 1.54) is 18.5 Å². The molecule has 0 saturated heterocycles. The molecule has 1 aromatic rings. The summed E-state index contributed by atoms with van der Waals surface area (Å²) in [6.45, 7) is 5.60. The maximum Gasteiger partial charge on any atom is 0.131 e. The lowest BCUT2D eigenvalue weighted by molar-refractivity contribution is 0.607. The zero-order valence-electron chi connectivity index (χ0n) is 9.28. The Morgan fingerprint density at radius 1 is 1.53 bits per heavy atom. The van der Waals surface area contributed by atoms with E-state index in [9.17, 15) is 0 Å². The van der Waals surface area contributed by atoms with Gasteiger partial charge in [-0.1, -0.05) is 25.4 Å². The van der Waals surface area contributed by atoms with Gasteiger partial charge >= 0.3 is 0 Å². The minimum Gasteiger partial charge on any atom is -0.368 e. The van der Waals surface area contributed by atoms with Gasteiger partial charge in [-0.25, -0.2) is 4.98 Å². The molecule has 0 unspecified atom stereocenters. The SMILES string of the molecule is CC(C)CN(c1ccnc(Cl)c1)C1CC1. The molecule has 2 rings (SSSR count). The molecule has 1 heterocycles. The highest BCUT2D eigenvalue weighted by Gasteiger charge is 2.29. The summed E-state index contributed by atoms with van der Waals surface area (Å²) in [7, 11) is 0. The van der Waals surface area contributed by atoms with Crippen molar-refractivity contribution in [2.45, 2.75) is 32.7 Å². The van der Waals surface area contributed by atoms with Crippen LogP contribution in [0.3, 0.4) is 0 Å². The molecule has 1 aliphatic rings. The van der Waals surface area contributed by atoms with Crippen molar-refractivity contribution in [3.05, 3.63) is 23.5 Å². The molecule has 0 aliphatic heterocycles. The summed E-state index contributed by atoms with van der Waals surface area (Å²) in [6, 6.07) is 4.74. The van der Waals surface area contributed by atoms with Crippen LogP contribution in [0.1, 0.15) is 26.7 Å². The smallest absolute Gasteiger partial charge is 0.131 e. The van der Waals surface area contributed by atoms with Gasteiger partial charge in [0.15, 0.2) is 0 Å². The lowest BCUT2D eigenvalue weighted by atomic mass is 10.2. The lowest BCUT2D eigenvalue weighted by Gasteiger charge is -2.26. The molecule has 82 valence electrons. The Morgan fingerprint density at radius 3 is 2.80 bits per heavy atom. The molecule has 15 heavy (non-hydrogen) atoms. The number of hydrogen-bond acceptors (Lipinski definition) is 2. The van der Waals surface area contributed by atoms with Crippen molar-refractivity contribution in [1.82, 2.24) is 4.98 Å². The average Bonchev–Trinajstić information content (AvgIpc) is 2.97. The van der Waals surface area contributed by atoms with E-state index in [0.717, 1.165) is 12.6 Å². The first-order chi connectivity index (χ1) is 7.16. The van der Waals surface area contributed by atoms with Gasteiger partial charge in [0.2, 0.25) is 0 Å². The van der Waals surface area contributed by atoms with Gasteiger partial charge in [-0.3, -0.25) is 0 Å². The Morgan fingerprint density at radius 2 is 2.27 bits per heavy atom. The van der Waals surface area contributed by atoms with Crippen molar-refractivity contribution >= 4 is 17.3 Å². The highest BCUT2D eigenvalue weighted by atomic mass is 35.5. The van der Waals surface area contributed by atoms with E-state index in [2.05, 4.69) is 23.7 Å². The fraction of sp³-hybridized carbons (Fsp3) is 0.583. The maximum absolute atomic E-state index is 5.91. The van der Waals surface area contributed by atoms with E-state index in [-0.39, 0.29) is 0 Å². The summed E-state index contributed by atoms with van der Waals surface area (Å²) < 4.78 is 0. The molecule has 0 aromatic carbocycles. The number of anilines is 1. The second-order valence-electron chi connectivity index (χ2n) is 4.61. The first-order valence-corrected chi connectivity index (χ1v) is 5.93. The number of hydrogen-bond donors (Lipinski definition) is 0. The van der Waals surface area contributed by atoms with Gasteiger partial charge in [-0.05, 0) is 30.9 Å². The van der Waals surface area contributed by atoms with Crippen LogP contribution in [0, 0.1) is 5.92 Å². The Kier molecular flexibility index (Phi) is 3.15. The molecule has 0 N–H and O–H groups in total. The number of rotatable bonds is 4. The second kappa shape index (κ2) is 4.40. The summed E-state index contributed by atoms with van der Waals surface area (Å²) in [4.78, 5) is 6.48. The number of pyridine rings is 1. The Bertz CT molecular complexity index is 334. The largest absolute Gasteiger partial charge is 0.368 e. The highest BCUT2D eigenvalue weighted by molar-refractivity contribution is 6.29. The molecule has 0 amide bonds. The van der Waals surface area contributed by atoms with Crippen molar-refractivity contribution in [3.63, 3.8) is 0 Å². The average molecular weight is 225 g/mol. The fourth-order valence-corrected chi connectivity index (χ4v) is 1.98. The van der Waals surface area contributed by atoms with E-state index >= 15 is 0 Å². The maximum atomic E-state index is 5.91. The number of aromatic nitrogens is 1. The van der Waals surface area contributed by atoms with Gasteiger partial charge in [0.1, 0.15) is 5.15 Å². The first kappa shape index (κ1) is 10.7. The van der Waals surface area contributed by atoms with Crippen LogP contribution in [0.15, 0.2) is 18.3 Å². The molecule has 0 atom stereocenters. The molecular formula is C12H17ClN2. The van der Waals surface area contributed by atoms with Crippen LogP contribution >= 0.6 is 11.6 Å². The second-order valence-corrected chi connectivity index (χ2v) is 5.00. The minimum absolute atomic E-state index is 0.585. The van der Waals surface area contributed by atoms with Gasteiger partial charge in [-0.2, -0.15) is 0 Å². The van der Waals surface area contributed by atoms with E-state index in [0.29, 0.717) is 11.1 Å². The van der Waals surface area contributed by atoms with Crippen LogP contribution in [0.5, 0.6) is 0 Å². The molecule has 0 spiro atoms. The van der Waals surface area contributed by atoms with Crippen LogP contribution < -0.4 is 4.90 Å². The molecular weight excluding hydrogens is 208 g/mol. The predicted octanol–water partition coefficient (Wildman–Crippen LogP) is 3.36. The molecule has 1 fully saturated rings. The number of halogens is 1. The topological polar surface area (TPSA) is 16.1 Å². The molecule has 2 nitrogen and oxygen atoms in total. The molecule has 0 radical (unpaired) electrons. The zero-order chi connectivity index (χ0) is 10.8. The third kappa shape index (κ3) is 2.85. The Hall–Kier alpha value is -0.760. The summed E-state index contributed by atoms with van der Waals surface area (Å²) in [5.41, 5.74) is 1.21. The predicted molar refractivity (Wildman–Crippen MR) is 64.5 cm³/mol. The first-order valence-electron chi connectivity index (χ1n) is 5.55. The summed E-state index contributed by atoms with van der Waals surface area (Å²) in [5, 5.41) is 0.585. The quantitative estimate of drug-likeness (QED) is 0.730. The Balaban J connectivity index is 2.16. The summed E-state index contributed by atoms with van der Waals surface area (Å²) >= 11 is 5.91. The van der Waals surface area contributed by atoms with Crippen LogP contribution in [-0.4, -0.2) is 17.6 Å². The fourth-order valence-electron chi connectivity index (χ4n) is 1.82. The van der Waals surface area contributed by atoms with E-state index in [1.54, 1.807) is 6.20 Å². The van der Waals surface area contributed by atoms with Crippen LogP contribution in [0.4, 0.5) is 5.69 Å². The van der Waals surface area contributed by atoms with Crippen molar-refractivity contribution < 1.29 is 0 Å². The normalized spacial score (nSPS) is 15.7. The monoisotopic (exact) mass is 224 g/mol. The van der Waals surface area contributed by atoms with E-state index in [1.807, 2.05) is 12.1 Å². The van der Waals surface area contributed by atoms with Crippen LogP contribution in [0.2, 0.25) is 5.15 Å². The van der Waals surface area contributed by atoms with Crippen LogP contribution in [-0.2, 0) is 0 Å². The standard InChI is InChI=1S/C12H17ClN2/c1-9(2)8-15(10-3-4-10)11-5-6-14-12(13)7-11/h5-7,9-10H,3-4,8H2,1-2H3. The van der Waals surface area contributed by atoms with Gasteiger partial charge in [0.25, 0.3) is 0 Å². The van der Waals surface area contributed by atoms with Gasteiger partial charge < -0.3 is 4.90 Å². The zero-order valence-corrected chi connectivity index (χ0v) is 10.0. The molecule has 3 heteroatoms. The Labute approximate surface area is 96.3 Å². The van der Waals surface area contributed by atoms with Crippen LogP contribution in [0.25, 0.3) is 0 Å². The van der Waals surface area contributed by atoms with Crippen molar-refractivity contribution in [2.24, 2.45) is 5.92 Å². The van der Waals surface area contributed by atoms with E-state index in [4.69, 9.17) is 11.6 Å². The third-order valence-electron chi connectivity index (χ3n) is 2.59. The minimum atomic E-state index is 0.585. The van der Waals surface area contributed by atoms with Crippen molar-refractivity contribution in [2.75, 3.05) is 11.4 Å². The van der Waals surface area contributed by atoms with Crippen molar-refractivity contribution in [1.29, 1.82) is 0 Å². The third-order valence-corrected chi connectivity index (χ3v) is 2.80. The summed E-state index contributed by atoms with van der Waals surface area (Å²) in [5.74, 6) is 0.678. The van der Waals surface area contributed by atoms with Gasteiger partial charge in [0, 0.05) is 24.5 Å². The molecule has 0 bridgehead atoms. The van der Waals surface area contributed by atoms with E-state index < -0.39 is 0 Å². The summed E-state index contributed by atoms with van der Waals surface area (Å²) in [6.07, 6.45) is 4.41. The highest BCUT2D eigenvalue weighted by Crippen LogP contribution is 2.32. The van der Waals surface area contributed by atoms with Gasteiger partial charge in [0.05, 0.1) is 0 Å². The molecule has 1 aliphatic carbocycles. The van der Waals surface area contributed by atoms with Gasteiger partial charge in [-0.15, -0.1) is 0 Å². The molecule has 1 saturated carbocycles.